The molecule has 0 aliphatic rings. The monoisotopic (exact) mass is 280 g/mol. The minimum atomic E-state index is 0.0635. The van der Waals surface area contributed by atoms with Gasteiger partial charge in [0.15, 0.2) is 0 Å². The first-order chi connectivity index (χ1) is 10.2. The molecule has 1 unspecified atom stereocenters. The van der Waals surface area contributed by atoms with E-state index >= 15 is 0 Å². The van der Waals surface area contributed by atoms with E-state index in [-0.39, 0.29) is 6.04 Å². The van der Waals surface area contributed by atoms with Crippen molar-refractivity contribution in [2.75, 3.05) is 7.05 Å². The molecule has 0 saturated carbocycles. The number of nitrogens with one attached hydrogen (secondary N) is 1. The molecule has 0 spiro atoms. The smallest absolute Gasteiger partial charge is 0.0780 e. The summed E-state index contributed by atoms with van der Waals surface area (Å²) in [5.41, 5.74) is 4.46. The van der Waals surface area contributed by atoms with Crippen LogP contribution in [-0.2, 0) is 6.54 Å². The average Bonchev–Trinajstić information content (AvgIpc) is 2.97. The first-order valence-corrected chi connectivity index (χ1v) is 7.29. The maximum atomic E-state index is 4.82. The number of hydrogen-bond donors (Lipinski definition) is 1. The largest absolute Gasteiger partial charge is 0.308 e. The van der Waals surface area contributed by atoms with Crippen molar-refractivity contribution in [2.24, 2.45) is 0 Å². The van der Waals surface area contributed by atoms with Gasteiger partial charge in [-0.1, -0.05) is 18.2 Å². The van der Waals surface area contributed by atoms with Crippen molar-refractivity contribution in [2.45, 2.75) is 26.4 Å². The number of rotatable bonds is 4. The summed E-state index contributed by atoms with van der Waals surface area (Å²) < 4.78 is 1.94. The first kappa shape index (κ1) is 13.8. The Balaban J connectivity index is 2.08. The fraction of sp³-hybridized carbons (Fsp3) is 0.294. The van der Waals surface area contributed by atoms with Crippen LogP contribution in [0.2, 0.25) is 0 Å². The molecule has 4 nitrogen and oxygen atoms in total. The van der Waals surface area contributed by atoms with Crippen LogP contribution in [0.4, 0.5) is 0 Å². The Bertz CT molecular complexity index is 760. The summed E-state index contributed by atoms with van der Waals surface area (Å²) in [5.74, 6) is 0. The van der Waals surface area contributed by atoms with Gasteiger partial charge in [-0.2, -0.15) is 5.10 Å². The Morgan fingerprint density at radius 2 is 2.10 bits per heavy atom. The van der Waals surface area contributed by atoms with E-state index in [1.807, 2.05) is 24.0 Å². The SMILES string of the molecule is CCn1cc(C(NC)c2cc(C)c3ccccc3n2)cn1. The van der Waals surface area contributed by atoms with Gasteiger partial charge in [-0.3, -0.25) is 9.67 Å². The number of nitrogens with zero attached hydrogens (tertiary/aromatic N) is 3. The summed E-state index contributed by atoms with van der Waals surface area (Å²) in [4.78, 5) is 4.82. The summed E-state index contributed by atoms with van der Waals surface area (Å²) in [6.45, 7) is 5.10. The summed E-state index contributed by atoms with van der Waals surface area (Å²) in [7, 11) is 1.96. The Morgan fingerprint density at radius 1 is 1.29 bits per heavy atom. The number of para-hydroxylation sites is 1. The minimum absolute atomic E-state index is 0.0635. The molecule has 0 bridgehead atoms. The van der Waals surface area contributed by atoms with Crippen LogP contribution >= 0.6 is 0 Å². The molecule has 1 atom stereocenters. The van der Waals surface area contributed by atoms with Gasteiger partial charge in [-0.15, -0.1) is 0 Å². The second-order valence-electron chi connectivity index (χ2n) is 5.23. The summed E-state index contributed by atoms with van der Waals surface area (Å²) in [6, 6.07) is 10.5. The van der Waals surface area contributed by atoms with Gasteiger partial charge in [0, 0.05) is 23.7 Å². The lowest BCUT2D eigenvalue weighted by atomic mass is 10.0. The standard InChI is InChI=1S/C17H20N4/c1-4-21-11-13(10-19-21)17(18-3)16-9-12(2)14-7-5-6-8-15(14)20-16/h5-11,17-18H,4H2,1-3H3. The van der Waals surface area contributed by atoms with Gasteiger partial charge in [0.2, 0.25) is 0 Å². The van der Waals surface area contributed by atoms with E-state index in [9.17, 15) is 0 Å². The fourth-order valence-electron chi connectivity index (χ4n) is 2.71. The normalized spacial score (nSPS) is 12.7. The predicted molar refractivity (Wildman–Crippen MR) is 85.3 cm³/mol. The highest BCUT2D eigenvalue weighted by atomic mass is 15.3. The van der Waals surface area contributed by atoms with E-state index in [0.717, 1.165) is 23.3 Å². The van der Waals surface area contributed by atoms with Gasteiger partial charge in [-0.25, -0.2) is 0 Å². The molecule has 2 heterocycles. The maximum absolute atomic E-state index is 4.82. The van der Waals surface area contributed by atoms with E-state index in [4.69, 9.17) is 4.98 Å². The Kier molecular flexibility index (Phi) is 3.71. The van der Waals surface area contributed by atoms with Crippen molar-refractivity contribution >= 4 is 10.9 Å². The van der Waals surface area contributed by atoms with Crippen LogP contribution in [0, 0.1) is 6.92 Å². The number of aromatic nitrogens is 3. The second kappa shape index (κ2) is 5.66. The number of hydrogen-bond acceptors (Lipinski definition) is 3. The van der Waals surface area contributed by atoms with Crippen molar-refractivity contribution < 1.29 is 0 Å². The Labute approximate surface area is 124 Å². The first-order valence-electron chi connectivity index (χ1n) is 7.29. The lowest BCUT2D eigenvalue weighted by Crippen LogP contribution is -2.18. The van der Waals surface area contributed by atoms with Crippen molar-refractivity contribution in [3.05, 3.63) is 59.5 Å². The molecule has 0 aliphatic carbocycles. The van der Waals surface area contributed by atoms with E-state index < -0.39 is 0 Å². The van der Waals surface area contributed by atoms with Gasteiger partial charge in [0.1, 0.15) is 0 Å². The number of aryl methyl sites for hydroxylation is 2. The van der Waals surface area contributed by atoms with Crippen LogP contribution in [0.25, 0.3) is 10.9 Å². The third kappa shape index (κ3) is 2.54. The predicted octanol–water partition coefficient (Wildman–Crippen LogP) is 3.07. The third-order valence-corrected chi connectivity index (χ3v) is 3.84. The van der Waals surface area contributed by atoms with E-state index in [1.54, 1.807) is 0 Å². The molecule has 0 saturated heterocycles. The topological polar surface area (TPSA) is 42.7 Å². The molecule has 108 valence electrons. The second-order valence-corrected chi connectivity index (χ2v) is 5.23. The summed E-state index contributed by atoms with van der Waals surface area (Å²) in [6.07, 6.45) is 3.99. The zero-order valence-electron chi connectivity index (χ0n) is 12.7. The molecule has 1 N–H and O–H groups in total. The molecular formula is C17H20N4. The van der Waals surface area contributed by atoms with E-state index in [0.29, 0.717) is 0 Å². The molecule has 1 aromatic carbocycles. The molecule has 3 rings (SSSR count). The number of benzene rings is 1. The molecular weight excluding hydrogens is 260 g/mol. The molecule has 3 aromatic rings. The number of fused-ring (bicyclic) bond motifs is 1. The average molecular weight is 280 g/mol. The molecule has 0 aliphatic heterocycles. The fourth-order valence-corrected chi connectivity index (χ4v) is 2.71. The van der Waals surface area contributed by atoms with E-state index in [2.05, 4.69) is 54.7 Å². The lowest BCUT2D eigenvalue weighted by molar-refractivity contribution is 0.650. The molecule has 0 amide bonds. The van der Waals surface area contributed by atoms with Gasteiger partial charge in [0.05, 0.1) is 23.4 Å². The van der Waals surface area contributed by atoms with Crippen molar-refractivity contribution in [3.63, 3.8) is 0 Å². The van der Waals surface area contributed by atoms with Crippen LogP contribution in [-0.4, -0.2) is 21.8 Å². The zero-order chi connectivity index (χ0) is 14.8. The van der Waals surface area contributed by atoms with Crippen molar-refractivity contribution in [3.8, 4) is 0 Å². The van der Waals surface area contributed by atoms with Gasteiger partial charge >= 0.3 is 0 Å². The lowest BCUT2D eigenvalue weighted by Gasteiger charge is -2.16. The molecule has 0 fully saturated rings. The maximum Gasteiger partial charge on any atom is 0.0780 e. The minimum Gasteiger partial charge on any atom is -0.308 e. The van der Waals surface area contributed by atoms with E-state index in [1.165, 1.54) is 10.9 Å². The van der Waals surface area contributed by atoms with Gasteiger partial charge < -0.3 is 5.32 Å². The third-order valence-electron chi connectivity index (χ3n) is 3.84. The quantitative estimate of drug-likeness (QED) is 0.798. The van der Waals surface area contributed by atoms with Crippen LogP contribution in [0.15, 0.2) is 42.7 Å². The number of pyridine rings is 1. The van der Waals surface area contributed by atoms with Crippen LogP contribution in [0.3, 0.4) is 0 Å². The van der Waals surface area contributed by atoms with Crippen LogP contribution < -0.4 is 5.32 Å². The highest BCUT2D eigenvalue weighted by Crippen LogP contribution is 2.24. The molecule has 21 heavy (non-hydrogen) atoms. The highest BCUT2D eigenvalue weighted by molar-refractivity contribution is 5.82. The van der Waals surface area contributed by atoms with Gasteiger partial charge in [0.25, 0.3) is 0 Å². The summed E-state index contributed by atoms with van der Waals surface area (Å²) in [5, 5.41) is 8.92. The summed E-state index contributed by atoms with van der Waals surface area (Å²) >= 11 is 0. The Hall–Kier alpha value is -2.20. The highest BCUT2D eigenvalue weighted by Gasteiger charge is 2.16. The van der Waals surface area contributed by atoms with Crippen molar-refractivity contribution in [1.82, 2.24) is 20.1 Å². The van der Waals surface area contributed by atoms with Gasteiger partial charge in [-0.05, 0) is 38.6 Å². The van der Waals surface area contributed by atoms with Crippen LogP contribution in [0.5, 0.6) is 0 Å². The van der Waals surface area contributed by atoms with Crippen LogP contribution in [0.1, 0.15) is 29.8 Å². The molecule has 0 radical (unpaired) electrons. The van der Waals surface area contributed by atoms with Crippen molar-refractivity contribution in [1.29, 1.82) is 0 Å². The molecule has 2 aromatic heterocycles. The Morgan fingerprint density at radius 3 is 2.81 bits per heavy atom. The zero-order valence-corrected chi connectivity index (χ0v) is 12.7. The molecule has 4 heteroatoms.